The average molecular weight is 409 g/mol. The van der Waals surface area contributed by atoms with Gasteiger partial charge in [-0.1, -0.05) is 11.6 Å². The van der Waals surface area contributed by atoms with Crippen molar-refractivity contribution in [2.24, 2.45) is 0 Å². The highest BCUT2D eigenvalue weighted by Crippen LogP contribution is 2.41. The molecule has 0 radical (unpaired) electrons. The zero-order valence-corrected chi connectivity index (χ0v) is 11.8. The van der Waals surface area contributed by atoms with Crippen molar-refractivity contribution in [2.45, 2.75) is 24.6 Å². The molecule has 1 aromatic heterocycles. The number of carbonyl (C=O) groups excluding carboxylic acids is 1. The van der Waals surface area contributed by atoms with Gasteiger partial charge in [0, 0.05) is 6.20 Å². The lowest BCUT2D eigenvalue weighted by Crippen LogP contribution is -2.53. The van der Waals surface area contributed by atoms with E-state index in [0.717, 1.165) is 5.32 Å². The number of carbonyl (C=O) groups is 1. The molecule has 1 aromatic rings. The predicted molar refractivity (Wildman–Crippen MR) is 59.9 cm³/mol. The summed E-state index contributed by atoms with van der Waals surface area (Å²) in [6.45, 7) is 0. The molecule has 0 aliphatic rings. The minimum Gasteiger partial charge on any atom is -0.304 e. The normalized spacial score (nSPS) is 13.7. The molecule has 0 unspecified atom stereocenters. The summed E-state index contributed by atoms with van der Waals surface area (Å²) in [6.07, 6.45) is -17.5. The molecule has 1 N–H and O–H groups in total. The fourth-order valence-electron chi connectivity index (χ4n) is 1.21. The predicted octanol–water partition coefficient (Wildman–Crippen LogP) is 4.46. The molecule has 1 heterocycles. The van der Waals surface area contributed by atoms with Gasteiger partial charge < -0.3 is 5.32 Å². The molecule has 0 bridgehead atoms. The Morgan fingerprint density at radius 1 is 1.04 bits per heavy atom. The molecule has 4 nitrogen and oxygen atoms in total. The summed E-state index contributed by atoms with van der Waals surface area (Å²) >= 11 is 5.23. The Hall–Kier alpha value is -1.83. The molecule has 0 fully saturated rings. The van der Waals surface area contributed by atoms with E-state index in [0.29, 0.717) is 0 Å². The van der Waals surface area contributed by atoms with Crippen LogP contribution in [0.4, 0.5) is 49.7 Å². The molecule has 0 saturated heterocycles. The first-order valence-corrected chi connectivity index (χ1v) is 5.92. The van der Waals surface area contributed by atoms with E-state index >= 15 is 0 Å². The number of rotatable bonds is 4. The van der Waals surface area contributed by atoms with E-state index in [4.69, 9.17) is 11.6 Å². The molecule has 142 valence electrons. The first kappa shape index (κ1) is 21.2. The lowest BCUT2D eigenvalue weighted by molar-refractivity contribution is -0.457. The van der Waals surface area contributed by atoms with Crippen molar-refractivity contribution in [1.82, 2.24) is 4.98 Å². The Morgan fingerprint density at radius 3 is 1.96 bits per heavy atom. The van der Waals surface area contributed by atoms with Gasteiger partial charge in [0.1, 0.15) is 0 Å². The van der Waals surface area contributed by atoms with E-state index in [1.807, 2.05) is 4.74 Å². The lowest BCUT2D eigenvalue weighted by Gasteiger charge is -2.25. The Morgan fingerprint density at radius 2 is 1.56 bits per heavy atom. The van der Waals surface area contributed by atoms with Crippen LogP contribution < -0.4 is 5.32 Å². The number of amides is 1. The van der Waals surface area contributed by atoms with Crippen LogP contribution in [0.2, 0.25) is 5.02 Å². The van der Waals surface area contributed by atoms with Gasteiger partial charge in [0.2, 0.25) is 0 Å². The van der Waals surface area contributed by atoms with Crippen LogP contribution >= 0.6 is 11.6 Å². The number of nitrogens with one attached hydrogen (secondary N) is 1. The summed E-state index contributed by atoms with van der Waals surface area (Å²) in [5, 5.41) is -0.190. The first-order chi connectivity index (χ1) is 11.0. The molecule has 25 heavy (non-hydrogen) atoms. The summed E-state index contributed by atoms with van der Waals surface area (Å²) in [5.41, 5.74) is -1.46. The van der Waals surface area contributed by atoms with Crippen molar-refractivity contribution < 1.29 is 53.4 Å². The summed E-state index contributed by atoms with van der Waals surface area (Å²) < 4.78 is 126. The maximum Gasteiger partial charge on any atom is 0.527 e. The summed E-state index contributed by atoms with van der Waals surface area (Å²) in [4.78, 5) is 13.9. The summed E-state index contributed by atoms with van der Waals surface area (Å²) in [6, 6.07) is 0.118. The van der Waals surface area contributed by atoms with Crippen molar-refractivity contribution in [3.05, 3.63) is 22.8 Å². The van der Waals surface area contributed by atoms with Gasteiger partial charge in [0.25, 0.3) is 0 Å². The van der Waals surface area contributed by atoms with Gasteiger partial charge in [-0.15, -0.1) is 13.2 Å². The van der Waals surface area contributed by atoms with Gasteiger partial charge in [-0.2, -0.15) is 30.7 Å². The number of alkyl halides is 10. The second-order valence-electron chi connectivity index (χ2n) is 4.15. The number of aromatic nitrogens is 1. The van der Waals surface area contributed by atoms with Gasteiger partial charge in [0.15, 0.2) is 5.82 Å². The summed E-state index contributed by atoms with van der Waals surface area (Å²) in [7, 11) is 0. The molecule has 0 spiro atoms. The maximum atomic E-state index is 13.2. The molecular weight excluding hydrogens is 406 g/mol. The SMILES string of the molecule is O=C(Nc1ncc(C(F)(F)F)cc1Cl)C(F)(F)C(F)(F)OC(F)(F)F. The lowest BCUT2D eigenvalue weighted by atomic mass is 10.2. The van der Waals surface area contributed by atoms with Crippen LogP contribution in [0.1, 0.15) is 5.56 Å². The highest BCUT2D eigenvalue weighted by Gasteiger charge is 2.67. The number of hydrogen-bond donors (Lipinski definition) is 1. The Labute approximate surface area is 135 Å². The van der Waals surface area contributed by atoms with E-state index < -0.39 is 46.9 Å². The van der Waals surface area contributed by atoms with Crippen molar-refractivity contribution in [2.75, 3.05) is 5.32 Å². The van der Waals surface area contributed by atoms with Crippen molar-refractivity contribution in [1.29, 1.82) is 0 Å². The third-order valence-electron chi connectivity index (χ3n) is 2.30. The largest absolute Gasteiger partial charge is 0.527 e. The van der Waals surface area contributed by atoms with E-state index in [1.54, 1.807) is 0 Å². The number of pyridine rings is 1. The molecular formula is C10H3ClF10N2O2. The van der Waals surface area contributed by atoms with Crippen LogP contribution in [0.25, 0.3) is 0 Å². The Kier molecular flexibility index (Phi) is 5.49. The average Bonchev–Trinajstić information content (AvgIpc) is 2.36. The van der Waals surface area contributed by atoms with Crippen molar-refractivity contribution >= 4 is 23.3 Å². The molecule has 0 aliphatic carbocycles. The monoisotopic (exact) mass is 408 g/mol. The van der Waals surface area contributed by atoms with Gasteiger partial charge in [0.05, 0.1) is 10.6 Å². The minimum absolute atomic E-state index is 0.0179. The van der Waals surface area contributed by atoms with E-state index in [1.165, 1.54) is 0 Å². The first-order valence-electron chi connectivity index (χ1n) is 5.54. The molecule has 0 aromatic carbocycles. The number of nitrogens with zero attached hydrogens (tertiary/aromatic N) is 1. The second kappa shape index (κ2) is 6.48. The zero-order valence-electron chi connectivity index (χ0n) is 11.1. The smallest absolute Gasteiger partial charge is 0.304 e. The zero-order chi connectivity index (χ0) is 19.8. The number of hydrogen-bond acceptors (Lipinski definition) is 3. The van der Waals surface area contributed by atoms with Crippen LogP contribution in [0.15, 0.2) is 12.3 Å². The topological polar surface area (TPSA) is 51.2 Å². The van der Waals surface area contributed by atoms with Gasteiger partial charge in [-0.25, -0.2) is 9.72 Å². The minimum atomic E-state index is -6.31. The Bertz CT molecular complexity index is 658. The standard InChI is InChI=1S/C10H3ClF10N2O2/c11-4-1-3(8(14,15)16)2-22-5(4)23-6(24)7(12,13)9(17,18)25-10(19,20)21/h1-2H,(H,22,23,24). The molecule has 0 aliphatic heterocycles. The van der Waals surface area contributed by atoms with Gasteiger partial charge in [-0.3, -0.25) is 4.79 Å². The molecule has 1 rings (SSSR count). The van der Waals surface area contributed by atoms with Crippen molar-refractivity contribution in [3.63, 3.8) is 0 Å². The maximum absolute atomic E-state index is 13.2. The van der Waals surface area contributed by atoms with Crippen LogP contribution in [0.5, 0.6) is 0 Å². The third-order valence-corrected chi connectivity index (χ3v) is 2.58. The molecule has 1 amide bonds. The third kappa shape index (κ3) is 5.07. The molecule has 0 saturated carbocycles. The van der Waals surface area contributed by atoms with Crippen molar-refractivity contribution in [3.8, 4) is 0 Å². The highest BCUT2D eigenvalue weighted by molar-refractivity contribution is 6.33. The van der Waals surface area contributed by atoms with Gasteiger partial charge in [-0.05, 0) is 6.07 Å². The Balaban J connectivity index is 3.05. The van der Waals surface area contributed by atoms with Crippen LogP contribution in [-0.4, -0.2) is 29.3 Å². The molecule has 0 atom stereocenters. The second-order valence-corrected chi connectivity index (χ2v) is 4.55. The van der Waals surface area contributed by atoms with Crippen LogP contribution in [0.3, 0.4) is 0 Å². The van der Waals surface area contributed by atoms with E-state index in [9.17, 15) is 48.7 Å². The highest BCUT2D eigenvalue weighted by atomic mass is 35.5. The quantitative estimate of drug-likeness (QED) is 0.749. The number of halogens is 11. The number of ether oxygens (including phenoxy) is 1. The number of anilines is 1. The van der Waals surface area contributed by atoms with E-state index in [-0.39, 0.29) is 12.3 Å². The van der Waals surface area contributed by atoms with E-state index in [2.05, 4.69) is 4.98 Å². The van der Waals surface area contributed by atoms with Gasteiger partial charge >= 0.3 is 30.5 Å². The summed E-state index contributed by atoms with van der Waals surface area (Å²) in [5.74, 6) is -10.3. The van der Waals surface area contributed by atoms with Crippen LogP contribution in [0, 0.1) is 0 Å². The molecule has 15 heteroatoms. The fraction of sp³-hybridized carbons (Fsp3) is 0.400. The fourth-order valence-corrected chi connectivity index (χ4v) is 1.43. The van der Waals surface area contributed by atoms with Crippen LogP contribution in [-0.2, 0) is 15.7 Å².